The number of hydrogen-bond donors (Lipinski definition) is 2. The van der Waals surface area contributed by atoms with Crippen molar-refractivity contribution in [3.05, 3.63) is 35.9 Å². The summed E-state index contributed by atoms with van der Waals surface area (Å²) < 4.78 is 5.32. The summed E-state index contributed by atoms with van der Waals surface area (Å²) >= 11 is 0. The first kappa shape index (κ1) is 13.8. The molecule has 0 radical (unpaired) electrons. The number of nitrogens with two attached hydrogens (primary N) is 2. The number of fused-ring (bicyclic) bond motifs is 1. The molecule has 2 heterocycles. The van der Waals surface area contributed by atoms with E-state index in [-0.39, 0.29) is 5.91 Å². The van der Waals surface area contributed by atoms with Crippen molar-refractivity contribution in [2.45, 2.75) is 12.6 Å². The highest BCUT2D eigenvalue weighted by Gasteiger charge is 2.28. The third kappa shape index (κ3) is 2.81. The Hall–Kier alpha value is -2.18. The SMILES string of the molecule is NC(=O)C1COCCN1Cc1cc2ccccc2nc1N. The molecule has 110 valence electrons. The van der Waals surface area contributed by atoms with Crippen molar-refractivity contribution < 1.29 is 9.53 Å². The van der Waals surface area contributed by atoms with Gasteiger partial charge < -0.3 is 16.2 Å². The average Bonchev–Trinajstić information content (AvgIpc) is 2.48. The molecule has 1 fully saturated rings. The molecule has 1 aliphatic heterocycles. The maximum atomic E-state index is 11.5. The fraction of sp³-hybridized carbons (Fsp3) is 0.333. The Morgan fingerprint density at radius 1 is 1.43 bits per heavy atom. The van der Waals surface area contributed by atoms with Gasteiger partial charge in [0, 0.05) is 24.0 Å². The standard InChI is InChI=1S/C15H18N4O2/c16-14-11(7-10-3-1-2-4-12(10)18-14)8-19-5-6-21-9-13(19)15(17)20/h1-4,7,13H,5-6,8-9H2,(H2,16,18)(H2,17,20). The minimum absolute atomic E-state index is 0.330. The van der Waals surface area contributed by atoms with Crippen LogP contribution >= 0.6 is 0 Å². The van der Waals surface area contributed by atoms with E-state index < -0.39 is 6.04 Å². The Morgan fingerprint density at radius 2 is 2.24 bits per heavy atom. The highest BCUT2D eigenvalue weighted by molar-refractivity contribution is 5.82. The largest absolute Gasteiger partial charge is 0.383 e. The highest BCUT2D eigenvalue weighted by Crippen LogP contribution is 2.21. The molecule has 2 aromatic rings. The van der Waals surface area contributed by atoms with Gasteiger partial charge in [0.15, 0.2) is 0 Å². The van der Waals surface area contributed by atoms with Crippen molar-refractivity contribution in [3.63, 3.8) is 0 Å². The zero-order valence-corrected chi connectivity index (χ0v) is 11.7. The molecule has 6 heteroatoms. The lowest BCUT2D eigenvalue weighted by Crippen LogP contribution is -2.51. The fourth-order valence-corrected chi connectivity index (χ4v) is 2.61. The van der Waals surface area contributed by atoms with Gasteiger partial charge in [-0.05, 0) is 12.1 Å². The van der Waals surface area contributed by atoms with Gasteiger partial charge in [-0.1, -0.05) is 18.2 Å². The number of nitrogens with zero attached hydrogens (tertiary/aromatic N) is 2. The second-order valence-corrected chi connectivity index (χ2v) is 5.19. The Morgan fingerprint density at radius 3 is 3.05 bits per heavy atom. The number of benzene rings is 1. The van der Waals surface area contributed by atoms with Crippen LogP contribution in [0.25, 0.3) is 10.9 Å². The van der Waals surface area contributed by atoms with Crippen LogP contribution in [0.4, 0.5) is 5.82 Å². The Balaban J connectivity index is 1.89. The molecule has 1 atom stereocenters. The summed E-state index contributed by atoms with van der Waals surface area (Å²) in [5.41, 5.74) is 13.2. The summed E-state index contributed by atoms with van der Waals surface area (Å²) in [7, 11) is 0. The van der Waals surface area contributed by atoms with E-state index in [1.165, 1.54) is 0 Å². The van der Waals surface area contributed by atoms with Gasteiger partial charge in [0.1, 0.15) is 11.9 Å². The zero-order chi connectivity index (χ0) is 14.8. The van der Waals surface area contributed by atoms with Gasteiger partial charge in [0.05, 0.1) is 18.7 Å². The molecule has 1 aromatic heterocycles. The molecule has 1 unspecified atom stereocenters. The van der Waals surface area contributed by atoms with Crippen LogP contribution in [0, 0.1) is 0 Å². The number of aromatic nitrogens is 1. The number of carbonyl (C=O) groups is 1. The molecule has 4 N–H and O–H groups in total. The van der Waals surface area contributed by atoms with E-state index in [1.807, 2.05) is 35.2 Å². The third-order valence-electron chi connectivity index (χ3n) is 3.78. The van der Waals surface area contributed by atoms with Crippen LogP contribution < -0.4 is 11.5 Å². The van der Waals surface area contributed by atoms with E-state index in [0.29, 0.717) is 32.1 Å². The maximum absolute atomic E-state index is 11.5. The third-order valence-corrected chi connectivity index (χ3v) is 3.78. The predicted molar refractivity (Wildman–Crippen MR) is 80.4 cm³/mol. The zero-order valence-electron chi connectivity index (χ0n) is 11.7. The number of anilines is 1. The number of carbonyl (C=O) groups excluding carboxylic acids is 1. The van der Waals surface area contributed by atoms with Crippen LogP contribution in [-0.2, 0) is 16.1 Å². The molecule has 1 amide bonds. The molecule has 0 aliphatic carbocycles. The second-order valence-electron chi connectivity index (χ2n) is 5.19. The number of amides is 1. The van der Waals surface area contributed by atoms with Gasteiger partial charge in [-0.15, -0.1) is 0 Å². The smallest absolute Gasteiger partial charge is 0.237 e. The highest BCUT2D eigenvalue weighted by atomic mass is 16.5. The molecule has 1 aromatic carbocycles. The topological polar surface area (TPSA) is 94.5 Å². The quantitative estimate of drug-likeness (QED) is 0.857. The number of para-hydroxylation sites is 1. The number of pyridine rings is 1. The molecule has 0 saturated carbocycles. The lowest BCUT2D eigenvalue weighted by molar-refractivity contribution is -0.129. The van der Waals surface area contributed by atoms with E-state index in [0.717, 1.165) is 16.5 Å². The predicted octanol–water partition coefficient (Wildman–Crippen LogP) is 0.503. The van der Waals surface area contributed by atoms with Crippen molar-refractivity contribution in [3.8, 4) is 0 Å². The molecule has 6 nitrogen and oxygen atoms in total. The van der Waals surface area contributed by atoms with E-state index >= 15 is 0 Å². The summed E-state index contributed by atoms with van der Waals surface area (Å²) in [5, 5.41) is 1.03. The van der Waals surface area contributed by atoms with Crippen LogP contribution in [0.15, 0.2) is 30.3 Å². The maximum Gasteiger partial charge on any atom is 0.237 e. The number of ether oxygens (including phenoxy) is 1. The van der Waals surface area contributed by atoms with Gasteiger partial charge in [-0.2, -0.15) is 0 Å². The van der Waals surface area contributed by atoms with E-state index in [1.54, 1.807) is 0 Å². The molecule has 1 saturated heterocycles. The minimum atomic E-state index is -0.412. The molecule has 0 spiro atoms. The second kappa shape index (κ2) is 5.67. The summed E-state index contributed by atoms with van der Waals surface area (Å²) in [6, 6.07) is 9.42. The monoisotopic (exact) mass is 286 g/mol. The van der Waals surface area contributed by atoms with Gasteiger partial charge in [-0.25, -0.2) is 4.98 Å². The number of rotatable bonds is 3. The Bertz CT molecular complexity index is 674. The van der Waals surface area contributed by atoms with Gasteiger partial charge in [0.2, 0.25) is 5.91 Å². The summed E-state index contributed by atoms with van der Waals surface area (Å²) in [4.78, 5) is 17.9. The molecule has 3 rings (SSSR count). The minimum Gasteiger partial charge on any atom is -0.383 e. The summed E-state index contributed by atoms with van der Waals surface area (Å²) in [5.74, 6) is 0.116. The van der Waals surface area contributed by atoms with Crippen molar-refractivity contribution in [1.82, 2.24) is 9.88 Å². The summed E-state index contributed by atoms with van der Waals surface area (Å²) in [6.45, 7) is 2.11. The van der Waals surface area contributed by atoms with Crippen molar-refractivity contribution in [1.29, 1.82) is 0 Å². The first-order valence-corrected chi connectivity index (χ1v) is 6.90. The van der Waals surface area contributed by atoms with Crippen LogP contribution in [0.2, 0.25) is 0 Å². The van der Waals surface area contributed by atoms with E-state index in [9.17, 15) is 4.79 Å². The average molecular weight is 286 g/mol. The van der Waals surface area contributed by atoms with Gasteiger partial charge in [0.25, 0.3) is 0 Å². The van der Waals surface area contributed by atoms with Crippen molar-refractivity contribution >= 4 is 22.6 Å². The van der Waals surface area contributed by atoms with E-state index in [4.69, 9.17) is 16.2 Å². The summed E-state index contributed by atoms with van der Waals surface area (Å²) in [6.07, 6.45) is 0. The molecule has 0 bridgehead atoms. The Kier molecular flexibility index (Phi) is 3.72. The van der Waals surface area contributed by atoms with Crippen molar-refractivity contribution in [2.24, 2.45) is 5.73 Å². The van der Waals surface area contributed by atoms with Crippen LogP contribution in [0.1, 0.15) is 5.56 Å². The van der Waals surface area contributed by atoms with Gasteiger partial charge in [-0.3, -0.25) is 9.69 Å². The first-order chi connectivity index (χ1) is 10.1. The molecular weight excluding hydrogens is 268 g/mol. The lowest BCUT2D eigenvalue weighted by Gasteiger charge is -2.33. The number of morpholine rings is 1. The molecule has 21 heavy (non-hydrogen) atoms. The Labute approximate surface area is 122 Å². The number of primary amides is 1. The molecule has 1 aliphatic rings. The van der Waals surface area contributed by atoms with Crippen molar-refractivity contribution in [2.75, 3.05) is 25.5 Å². The van der Waals surface area contributed by atoms with Crippen LogP contribution in [0.3, 0.4) is 0 Å². The molecular formula is C15H18N4O2. The van der Waals surface area contributed by atoms with Crippen LogP contribution in [0.5, 0.6) is 0 Å². The lowest BCUT2D eigenvalue weighted by atomic mass is 10.1. The van der Waals surface area contributed by atoms with Gasteiger partial charge >= 0.3 is 0 Å². The normalized spacial score (nSPS) is 19.7. The van der Waals surface area contributed by atoms with Crippen LogP contribution in [-0.4, -0.2) is 41.6 Å². The fourth-order valence-electron chi connectivity index (χ4n) is 2.61. The first-order valence-electron chi connectivity index (χ1n) is 6.90. The van der Waals surface area contributed by atoms with E-state index in [2.05, 4.69) is 4.98 Å². The number of nitrogen functional groups attached to an aromatic ring is 1. The number of hydrogen-bond acceptors (Lipinski definition) is 5.